The summed E-state index contributed by atoms with van der Waals surface area (Å²) in [7, 11) is 1.33. The minimum atomic E-state index is -1.93. The number of amidine groups is 1. The first-order valence-electron chi connectivity index (χ1n) is 12.5. The molecule has 0 bridgehead atoms. The number of nitrogens with zero attached hydrogens (tertiary/aromatic N) is 1. The summed E-state index contributed by atoms with van der Waals surface area (Å²) in [5.74, 6) is -1.17. The largest absolute Gasteiger partial charge is 0.494 e. The van der Waals surface area contributed by atoms with Crippen LogP contribution in [0.2, 0.25) is 0 Å². The fraction of sp³-hybridized carbons (Fsp3) is 0.423. The number of hydrogen-bond donors (Lipinski definition) is 5. The Kier molecular flexibility index (Phi) is 11.0. The average Bonchev–Trinajstić information content (AvgIpc) is 3.54. The minimum Gasteiger partial charge on any atom is -0.494 e. The Hall–Kier alpha value is -4.04. The molecule has 1 aromatic heterocycles. The second-order valence-corrected chi connectivity index (χ2v) is 10.2. The van der Waals surface area contributed by atoms with Gasteiger partial charge in [0, 0.05) is 35.8 Å². The number of likely N-dealkylation sites (tertiary alicyclic amines) is 1. The number of ether oxygens (including phenoxy) is 2. The Labute approximate surface area is 234 Å². The van der Waals surface area contributed by atoms with E-state index in [1.165, 1.54) is 18.4 Å². The van der Waals surface area contributed by atoms with Gasteiger partial charge in [0.15, 0.2) is 5.67 Å². The lowest BCUT2D eigenvalue weighted by Gasteiger charge is -2.24. The van der Waals surface area contributed by atoms with Crippen molar-refractivity contribution in [2.75, 3.05) is 33.4 Å². The summed E-state index contributed by atoms with van der Waals surface area (Å²) < 4.78 is 25.9. The van der Waals surface area contributed by atoms with Gasteiger partial charge in [0.1, 0.15) is 17.6 Å². The molecule has 40 heavy (non-hydrogen) atoms. The molecule has 2 heterocycles. The molecule has 5 N–H and O–H groups in total. The van der Waals surface area contributed by atoms with E-state index in [1.807, 2.05) is 23.5 Å². The van der Waals surface area contributed by atoms with Crippen LogP contribution < -0.4 is 20.7 Å². The first kappa shape index (κ1) is 30.5. The molecule has 2 atom stereocenters. The number of thiophene rings is 1. The predicted octanol–water partition coefficient (Wildman–Crippen LogP) is 1.89. The number of nitrogens with one attached hydrogen (secondary N) is 4. The van der Waals surface area contributed by atoms with Crippen LogP contribution in [0.3, 0.4) is 0 Å². The first-order valence-corrected chi connectivity index (χ1v) is 13.3. The highest BCUT2D eigenvalue weighted by Crippen LogP contribution is 2.31. The normalized spacial score (nSPS) is 18.1. The van der Waals surface area contributed by atoms with Crippen LogP contribution in [0.25, 0.3) is 0 Å². The molecular weight excluding hydrogens is 545 g/mol. The highest BCUT2D eigenvalue weighted by Gasteiger charge is 2.49. The zero-order valence-electron chi connectivity index (χ0n) is 21.9. The van der Waals surface area contributed by atoms with Crippen molar-refractivity contribution in [3.05, 3.63) is 52.2 Å². The molecule has 1 fully saturated rings. The second-order valence-electron chi connectivity index (χ2n) is 9.19. The number of halogens is 1. The third-order valence-corrected chi connectivity index (χ3v) is 6.96. The number of alkyl halides is 1. The summed E-state index contributed by atoms with van der Waals surface area (Å²) >= 11 is 1.20. The van der Waals surface area contributed by atoms with E-state index in [4.69, 9.17) is 20.0 Å². The molecule has 3 rings (SSSR count). The van der Waals surface area contributed by atoms with E-state index in [-0.39, 0.29) is 44.3 Å². The summed E-state index contributed by atoms with van der Waals surface area (Å²) in [6.07, 6.45) is -1.08. The van der Waals surface area contributed by atoms with Crippen LogP contribution in [-0.4, -0.2) is 84.8 Å². The monoisotopic (exact) mass is 577 g/mol. The lowest BCUT2D eigenvalue weighted by Crippen LogP contribution is -2.49. The maximum atomic E-state index is 15.4. The third kappa shape index (κ3) is 9.02. The van der Waals surface area contributed by atoms with Crippen molar-refractivity contribution in [1.29, 1.82) is 5.41 Å². The molecule has 1 saturated heterocycles. The van der Waals surface area contributed by atoms with Gasteiger partial charge in [-0.05, 0) is 24.6 Å². The van der Waals surface area contributed by atoms with Crippen molar-refractivity contribution >= 4 is 41.0 Å². The number of carboxylic acid groups (broad SMARTS) is 1. The predicted molar refractivity (Wildman–Crippen MR) is 144 cm³/mol. The zero-order valence-corrected chi connectivity index (χ0v) is 22.7. The van der Waals surface area contributed by atoms with Crippen molar-refractivity contribution in [3.63, 3.8) is 0 Å². The van der Waals surface area contributed by atoms with Crippen molar-refractivity contribution in [2.24, 2.45) is 0 Å². The molecule has 12 nitrogen and oxygen atoms in total. The van der Waals surface area contributed by atoms with Gasteiger partial charge in [-0.25, -0.2) is 9.18 Å². The van der Waals surface area contributed by atoms with E-state index in [0.29, 0.717) is 29.2 Å². The second kappa shape index (κ2) is 14.4. The summed E-state index contributed by atoms with van der Waals surface area (Å²) in [5.41, 5.74) is -1.60. The molecule has 0 saturated carbocycles. The number of carbonyl (C=O) groups is 4. The standard InChI is InChI=1S/C26H32FN5O7S/c1-38-16-26(27)11-20(24(35)30-12-19-10-17(14-40-19)23(28)31-25(36)37)32(15-26)22(34)13-29-21(33)8-5-9-39-18-6-3-2-4-7-18/h2-4,6-7,10,14,20H,5,8-9,11-13,15-16H2,1H3,(H2,28,31)(H,29,33)(H,30,35)(H,36,37)/t20-,26+/m0/s1. The van der Waals surface area contributed by atoms with E-state index >= 15 is 4.39 Å². The molecule has 1 aromatic carbocycles. The van der Waals surface area contributed by atoms with Gasteiger partial charge in [-0.2, -0.15) is 0 Å². The minimum absolute atomic E-state index is 0.0355. The number of para-hydroxylation sites is 1. The molecule has 0 radical (unpaired) electrons. The maximum absolute atomic E-state index is 15.4. The van der Waals surface area contributed by atoms with E-state index in [2.05, 4.69) is 10.6 Å². The van der Waals surface area contributed by atoms with Crippen LogP contribution in [-0.2, 0) is 25.7 Å². The molecule has 0 aliphatic carbocycles. The van der Waals surface area contributed by atoms with Gasteiger partial charge in [0.25, 0.3) is 0 Å². The van der Waals surface area contributed by atoms with Gasteiger partial charge in [-0.3, -0.25) is 25.1 Å². The number of hydrogen-bond acceptors (Lipinski definition) is 8. The Balaban J connectivity index is 1.51. The fourth-order valence-electron chi connectivity index (χ4n) is 4.18. The molecule has 0 unspecified atom stereocenters. The van der Waals surface area contributed by atoms with Crippen LogP contribution in [0.15, 0.2) is 41.8 Å². The highest BCUT2D eigenvalue weighted by atomic mass is 32.1. The average molecular weight is 578 g/mol. The summed E-state index contributed by atoms with van der Waals surface area (Å²) in [4.78, 5) is 50.6. The van der Waals surface area contributed by atoms with Crippen LogP contribution in [0.5, 0.6) is 5.75 Å². The quantitative estimate of drug-likeness (QED) is 0.137. The van der Waals surface area contributed by atoms with Crippen molar-refractivity contribution in [1.82, 2.24) is 20.9 Å². The van der Waals surface area contributed by atoms with Crippen LogP contribution in [0.1, 0.15) is 29.7 Å². The number of methoxy groups -OCH3 is 1. The van der Waals surface area contributed by atoms with Gasteiger partial charge in [-0.1, -0.05) is 18.2 Å². The SMILES string of the molecule is COC[C@@]1(F)C[C@@H](C(=O)NCc2cc(C(=N)NC(=O)O)cs2)N(C(=O)CNC(=O)CCCOc2ccccc2)C1. The zero-order chi connectivity index (χ0) is 29.1. The Morgan fingerprint density at radius 3 is 2.67 bits per heavy atom. The van der Waals surface area contributed by atoms with Gasteiger partial charge in [0.2, 0.25) is 17.7 Å². The summed E-state index contributed by atoms with van der Waals surface area (Å²) in [5, 5.41) is 25.2. The maximum Gasteiger partial charge on any atom is 0.410 e. The van der Waals surface area contributed by atoms with Crippen molar-refractivity contribution < 1.29 is 38.1 Å². The van der Waals surface area contributed by atoms with E-state index < -0.39 is 36.2 Å². The van der Waals surface area contributed by atoms with Crippen molar-refractivity contribution in [3.8, 4) is 5.75 Å². The Bertz CT molecular complexity index is 1210. The molecule has 2 aromatic rings. The van der Waals surface area contributed by atoms with Crippen LogP contribution in [0.4, 0.5) is 9.18 Å². The van der Waals surface area contributed by atoms with Gasteiger partial charge in [-0.15, -0.1) is 11.3 Å². The number of rotatable bonds is 13. The van der Waals surface area contributed by atoms with E-state index in [1.54, 1.807) is 23.6 Å². The van der Waals surface area contributed by atoms with Crippen molar-refractivity contribution in [2.45, 2.75) is 37.5 Å². The number of carbonyl (C=O) groups excluding carboxylic acids is 3. The van der Waals surface area contributed by atoms with Gasteiger partial charge in [0.05, 0.1) is 32.8 Å². The lowest BCUT2D eigenvalue weighted by molar-refractivity contribution is -0.138. The highest BCUT2D eigenvalue weighted by molar-refractivity contribution is 7.10. The molecular formula is C26H32FN5O7S. The molecule has 1 aliphatic heterocycles. The topological polar surface area (TPSA) is 170 Å². The smallest absolute Gasteiger partial charge is 0.410 e. The van der Waals surface area contributed by atoms with Gasteiger partial charge >= 0.3 is 6.09 Å². The molecule has 14 heteroatoms. The number of amides is 4. The molecule has 216 valence electrons. The number of benzene rings is 1. The van der Waals surface area contributed by atoms with Crippen LogP contribution >= 0.6 is 11.3 Å². The summed E-state index contributed by atoms with van der Waals surface area (Å²) in [6.45, 7) is -0.697. The Morgan fingerprint density at radius 1 is 1.23 bits per heavy atom. The molecule has 0 spiro atoms. The summed E-state index contributed by atoms with van der Waals surface area (Å²) in [6, 6.07) is 9.59. The first-order chi connectivity index (χ1) is 19.1. The van der Waals surface area contributed by atoms with E-state index in [9.17, 15) is 19.2 Å². The van der Waals surface area contributed by atoms with Gasteiger partial charge < -0.3 is 30.1 Å². The lowest BCUT2D eigenvalue weighted by atomic mass is 10.0. The third-order valence-electron chi connectivity index (χ3n) is 6.02. The Morgan fingerprint density at radius 2 is 1.98 bits per heavy atom. The van der Waals surface area contributed by atoms with Crippen LogP contribution in [0, 0.1) is 5.41 Å². The fourth-order valence-corrected chi connectivity index (χ4v) is 4.99. The molecule has 1 aliphatic rings. The van der Waals surface area contributed by atoms with E-state index in [0.717, 1.165) is 4.90 Å². The molecule has 4 amide bonds.